The molecule has 0 unspecified atom stereocenters. The molecule has 0 saturated heterocycles. The topological polar surface area (TPSA) is 25.8 Å². The Bertz CT molecular complexity index is 3030. The molecular weight excluding hydrogens is 725 g/mol. The van der Waals surface area contributed by atoms with Crippen LogP contribution in [0.25, 0.3) is 99.2 Å². The summed E-state index contributed by atoms with van der Waals surface area (Å²) in [5.41, 5.74) is 16.2. The Balaban J connectivity index is 0.972. The summed E-state index contributed by atoms with van der Waals surface area (Å²) >= 11 is 0. The number of aromatic nitrogens is 2. The normalized spacial score (nSPS) is 12.2. The molecule has 10 aromatic rings. The smallest absolute Gasteiger partial charge is 0.0787 e. The van der Waals surface area contributed by atoms with Crippen LogP contribution in [0.5, 0.6) is 0 Å². The molecule has 0 N–H and O–H groups in total. The third-order valence-corrected chi connectivity index (χ3v) is 12.2. The fraction of sp³-hybridized carbons (Fsp3) is 0.138. The molecule has 0 radical (unpaired) electrons. The number of hydrogen-bond acceptors (Lipinski definition) is 2. The standard InChI is InChI=1S/C58H48N2/c1-57(2,3)45-31-27-39-19-25-43-29-33-53(59-55(43)51(39)35-45)41-21-15-37(16-22-41)47-11-7-9-13-49(47)50-14-10-8-12-48(50)38-17-23-42(24-18-38)54-34-30-44-26-20-40-28-32-46(58(4,5)6)36-52(40)56(44)60-54/h7-36H,1-6H3. The Morgan fingerprint density at radius 2 is 0.617 bits per heavy atom. The predicted molar refractivity (Wildman–Crippen MR) is 257 cm³/mol. The van der Waals surface area contributed by atoms with Gasteiger partial charge in [0.25, 0.3) is 0 Å². The van der Waals surface area contributed by atoms with Gasteiger partial charge in [-0.1, -0.05) is 199 Å². The van der Waals surface area contributed by atoms with Crippen LogP contribution in [0.1, 0.15) is 52.7 Å². The monoisotopic (exact) mass is 772 g/mol. The molecule has 2 heterocycles. The van der Waals surface area contributed by atoms with Gasteiger partial charge in [-0.25, -0.2) is 9.97 Å². The third kappa shape index (κ3) is 6.82. The van der Waals surface area contributed by atoms with Crippen molar-refractivity contribution in [3.05, 3.63) is 193 Å². The van der Waals surface area contributed by atoms with Crippen LogP contribution in [0.15, 0.2) is 182 Å². The van der Waals surface area contributed by atoms with Gasteiger partial charge in [-0.05, 0) is 90.4 Å². The quantitative estimate of drug-likeness (QED) is 0.163. The third-order valence-electron chi connectivity index (χ3n) is 12.2. The van der Waals surface area contributed by atoms with Crippen LogP contribution in [0.3, 0.4) is 0 Å². The van der Waals surface area contributed by atoms with Gasteiger partial charge >= 0.3 is 0 Å². The number of nitrogens with zero attached hydrogens (tertiary/aromatic N) is 2. The lowest BCUT2D eigenvalue weighted by Gasteiger charge is -2.20. The van der Waals surface area contributed by atoms with Gasteiger partial charge in [0.1, 0.15) is 0 Å². The lowest BCUT2D eigenvalue weighted by Crippen LogP contribution is -2.10. The van der Waals surface area contributed by atoms with E-state index in [1.54, 1.807) is 0 Å². The number of hydrogen-bond donors (Lipinski definition) is 0. The molecule has 2 aromatic heterocycles. The minimum absolute atomic E-state index is 0.0647. The fourth-order valence-corrected chi connectivity index (χ4v) is 8.65. The zero-order chi connectivity index (χ0) is 41.2. The van der Waals surface area contributed by atoms with Crippen molar-refractivity contribution in [2.75, 3.05) is 0 Å². The Hall–Kier alpha value is -6.90. The van der Waals surface area contributed by atoms with Gasteiger partial charge in [-0.2, -0.15) is 0 Å². The first-order valence-corrected chi connectivity index (χ1v) is 21.1. The molecule has 0 atom stereocenters. The first-order chi connectivity index (χ1) is 29.0. The number of fused-ring (bicyclic) bond motifs is 6. The van der Waals surface area contributed by atoms with Crippen molar-refractivity contribution in [1.29, 1.82) is 0 Å². The summed E-state index contributed by atoms with van der Waals surface area (Å²) < 4.78 is 0. The van der Waals surface area contributed by atoms with Crippen LogP contribution in [0, 0.1) is 0 Å². The zero-order valence-corrected chi connectivity index (χ0v) is 35.2. The molecule has 0 spiro atoms. The lowest BCUT2D eigenvalue weighted by molar-refractivity contribution is 0.591. The second-order valence-electron chi connectivity index (χ2n) is 18.3. The minimum atomic E-state index is 0.0647. The Morgan fingerprint density at radius 1 is 0.300 bits per heavy atom. The first kappa shape index (κ1) is 37.4. The second kappa shape index (κ2) is 14.4. The molecule has 290 valence electrons. The summed E-state index contributed by atoms with van der Waals surface area (Å²) in [6.45, 7) is 13.6. The largest absolute Gasteiger partial charge is 0.247 e. The zero-order valence-electron chi connectivity index (χ0n) is 35.2. The van der Waals surface area contributed by atoms with E-state index >= 15 is 0 Å². The van der Waals surface area contributed by atoms with E-state index in [4.69, 9.17) is 9.97 Å². The second-order valence-corrected chi connectivity index (χ2v) is 18.3. The van der Waals surface area contributed by atoms with Gasteiger partial charge < -0.3 is 0 Å². The van der Waals surface area contributed by atoms with Crippen molar-refractivity contribution in [1.82, 2.24) is 9.97 Å². The highest BCUT2D eigenvalue weighted by atomic mass is 14.7. The van der Waals surface area contributed by atoms with E-state index in [9.17, 15) is 0 Å². The van der Waals surface area contributed by atoms with Crippen molar-refractivity contribution in [3.63, 3.8) is 0 Å². The average molecular weight is 773 g/mol. The summed E-state index contributed by atoms with van der Waals surface area (Å²) in [5, 5.41) is 7.15. The molecule has 0 bridgehead atoms. The molecule has 10 rings (SSSR count). The molecule has 0 aliphatic rings. The van der Waals surface area contributed by atoms with Gasteiger partial charge in [0.15, 0.2) is 0 Å². The van der Waals surface area contributed by atoms with Crippen molar-refractivity contribution in [2.24, 2.45) is 0 Å². The molecular formula is C58H48N2. The summed E-state index contributed by atoms with van der Waals surface area (Å²) in [4.78, 5) is 10.5. The molecule has 0 aliphatic carbocycles. The number of rotatable bonds is 5. The lowest BCUT2D eigenvalue weighted by atomic mass is 9.85. The van der Waals surface area contributed by atoms with E-state index in [1.807, 2.05) is 0 Å². The van der Waals surface area contributed by atoms with E-state index in [0.717, 1.165) is 44.3 Å². The molecule has 2 nitrogen and oxygen atoms in total. The summed E-state index contributed by atoms with van der Waals surface area (Å²) in [5.74, 6) is 0. The highest BCUT2D eigenvalue weighted by Crippen LogP contribution is 2.40. The number of benzene rings is 8. The van der Waals surface area contributed by atoms with Crippen molar-refractivity contribution in [3.8, 4) is 55.9 Å². The SMILES string of the molecule is CC(C)(C)c1ccc2ccc3ccc(-c4ccc(-c5ccccc5-c5ccccc5-c5ccc(-c6ccc7ccc8ccc(C(C)(C)C)cc8c7n6)cc5)cc4)nc3c2c1. The Labute approximate surface area is 353 Å². The maximum atomic E-state index is 5.27. The van der Waals surface area contributed by atoms with E-state index in [-0.39, 0.29) is 10.8 Å². The van der Waals surface area contributed by atoms with Crippen molar-refractivity contribution < 1.29 is 0 Å². The molecule has 2 heteroatoms. The van der Waals surface area contributed by atoms with Crippen LogP contribution < -0.4 is 0 Å². The Kier molecular flexibility index (Phi) is 8.99. The molecule has 0 amide bonds. The maximum absolute atomic E-state index is 5.27. The molecule has 0 aliphatic heterocycles. The van der Waals surface area contributed by atoms with Gasteiger partial charge in [0.05, 0.1) is 22.4 Å². The van der Waals surface area contributed by atoms with E-state index < -0.39 is 0 Å². The Morgan fingerprint density at radius 3 is 1.00 bits per heavy atom. The van der Waals surface area contributed by atoms with Gasteiger partial charge in [0, 0.05) is 32.7 Å². The van der Waals surface area contributed by atoms with Gasteiger partial charge in [-0.15, -0.1) is 0 Å². The van der Waals surface area contributed by atoms with Gasteiger partial charge in [-0.3, -0.25) is 0 Å². The van der Waals surface area contributed by atoms with E-state index in [0.29, 0.717) is 0 Å². The van der Waals surface area contributed by atoms with Gasteiger partial charge in [0.2, 0.25) is 0 Å². The van der Waals surface area contributed by atoms with Crippen LogP contribution in [0.2, 0.25) is 0 Å². The maximum Gasteiger partial charge on any atom is 0.0787 e. The summed E-state index contributed by atoms with van der Waals surface area (Å²) in [6.07, 6.45) is 0. The van der Waals surface area contributed by atoms with Crippen molar-refractivity contribution >= 4 is 43.4 Å². The number of pyridine rings is 2. The fourth-order valence-electron chi connectivity index (χ4n) is 8.65. The average Bonchev–Trinajstić information content (AvgIpc) is 3.27. The highest BCUT2D eigenvalue weighted by molar-refractivity contribution is 6.07. The molecule has 0 saturated carbocycles. The molecule has 0 fully saturated rings. The van der Waals surface area contributed by atoms with E-state index in [1.165, 1.54) is 66.1 Å². The first-order valence-electron chi connectivity index (χ1n) is 21.1. The molecule has 60 heavy (non-hydrogen) atoms. The highest BCUT2D eigenvalue weighted by Gasteiger charge is 2.18. The summed E-state index contributed by atoms with van der Waals surface area (Å²) in [7, 11) is 0. The molecule has 8 aromatic carbocycles. The van der Waals surface area contributed by atoms with Crippen LogP contribution in [0.4, 0.5) is 0 Å². The van der Waals surface area contributed by atoms with E-state index in [2.05, 4.69) is 224 Å². The van der Waals surface area contributed by atoms with Crippen LogP contribution in [-0.2, 0) is 10.8 Å². The minimum Gasteiger partial charge on any atom is -0.247 e. The van der Waals surface area contributed by atoms with Crippen molar-refractivity contribution in [2.45, 2.75) is 52.4 Å². The van der Waals surface area contributed by atoms with Crippen LogP contribution >= 0.6 is 0 Å². The predicted octanol–water partition coefficient (Wildman–Crippen LogP) is 16.0. The summed E-state index contributed by atoms with van der Waals surface area (Å²) in [6, 6.07) is 66.4. The van der Waals surface area contributed by atoms with Crippen LogP contribution in [-0.4, -0.2) is 9.97 Å².